The van der Waals surface area contributed by atoms with Crippen molar-refractivity contribution in [2.45, 2.75) is 84.2 Å². The summed E-state index contributed by atoms with van der Waals surface area (Å²) in [6, 6.07) is 15.9. The Morgan fingerprint density at radius 3 is 2.26 bits per heavy atom. The maximum Gasteiger partial charge on any atom is 0.410 e. The number of pyridine rings is 1. The molecule has 1 aliphatic carbocycles. The van der Waals surface area contributed by atoms with Gasteiger partial charge in [0.1, 0.15) is 18.0 Å². The quantitative estimate of drug-likeness (QED) is 0.268. The van der Waals surface area contributed by atoms with Crippen LogP contribution in [0.4, 0.5) is 29.5 Å². The van der Waals surface area contributed by atoms with Gasteiger partial charge in [0.15, 0.2) is 0 Å². The number of rotatable bonds is 9. The number of benzene rings is 2. The zero-order valence-electron chi connectivity index (χ0n) is 29.0. The summed E-state index contributed by atoms with van der Waals surface area (Å²) < 4.78 is 46.1. The van der Waals surface area contributed by atoms with Gasteiger partial charge in [-0.05, 0) is 74.1 Å². The third-order valence-corrected chi connectivity index (χ3v) is 8.90. The number of anilines is 2. The minimum atomic E-state index is -4.62. The molecule has 3 aromatic rings. The molecule has 4 amide bonds. The fraction of sp³-hybridized carbons (Fsp3) is 0.432. The molecular weight excluding hydrogens is 651 g/mol. The first kappa shape index (κ1) is 36.3. The lowest BCUT2D eigenvalue weighted by atomic mass is 9.79. The minimum Gasteiger partial charge on any atom is -0.444 e. The topological polar surface area (TPSA) is 121 Å². The van der Waals surface area contributed by atoms with Crippen LogP contribution in [0.1, 0.15) is 68.9 Å². The molecule has 0 saturated carbocycles. The third-order valence-electron chi connectivity index (χ3n) is 8.90. The van der Waals surface area contributed by atoms with Gasteiger partial charge in [-0.2, -0.15) is 13.2 Å². The van der Waals surface area contributed by atoms with Crippen LogP contribution in [0.25, 0.3) is 0 Å². The second-order valence-electron chi connectivity index (χ2n) is 14.8. The molecule has 266 valence electrons. The van der Waals surface area contributed by atoms with Gasteiger partial charge >= 0.3 is 12.3 Å². The van der Waals surface area contributed by atoms with E-state index in [0.717, 1.165) is 21.6 Å². The highest BCUT2D eigenvalue weighted by Gasteiger charge is 2.51. The van der Waals surface area contributed by atoms with Gasteiger partial charge in [-0.15, -0.1) is 0 Å². The molecule has 1 aliphatic heterocycles. The monoisotopic (exact) mass is 693 g/mol. The Kier molecular flexibility index (Phi) is 9.75. The van der Waals surface area contributed by atoms with Crippen molar-refractivity contribution in [2.24, 2.45) is 5.41 Å². The largest absolute Gasteiger partial charge is 0.444 e. The van der Waals surface area contributed by atoms with Gasteiger partial charge < -0.3 is 25.2 Å². The zero-order chi connectivity index (χ0) is 36.6. The number of halogens is 3. The Labute approximate surface area is 289 Å². The number of amides is 4. The van der Waals surface area contributed by atoms with Gasteiger partial charge in [0.2, 0.25) is 17.7 Å². The van der Waals surface area contributed by atoms with Crippen molar-refractivity contribution in [3.63, 3.8) is 0 Å². The minimum absolute atomic E-state index is 0.0977. The van der Waals surface area contributed by atoms with Crippen LogP contribution >= 0.6 is 0 Å². The lowest BCUT2D eigenvalue weighted by molar-refractivity contribution is -0.170. The Morgan fingerprint density at radius 2 is 1.60 bits per heavy atom. The molecule has 0 saturated heterocycles. The van der Waals surface area contributed by atoms with E-state index in [9.17, 15) is 32.3 Å². The van der Waals surface area contributed by atoms with Crippen molar-refractivity contribution in [1.82, 2.24) is 14.8 Å². The van der Waals surface area contributed by atoms with E-state index in [1.807, 2.05) is 12.1 Å². The van der Waals surface area contributed by atoms with E-state index < -0.39 is 53.5 Å². The van der Waals surface area contributed by atoms with Gasteiger partial charge in [-0.3, -0.25) is 14.4 Å². The molecule has 1 atom stereocenters. The molecule has 0 unspecified atom stereocenters. The standard InChI is InChI=1S/C37H42F3N5O5/c1-34(2,3)50-33(49)44(6)19-24-10-7-8-11-25(24)20-45(32(48)35(4,5)22-37(38,39)40)21-29(46)42-27-14-13-23-17-36(18-26(23)16-27)28-12-9-15-41-30(28)43-31(36)47/h7-16H,17-22H2,1-6H3,(H,42,46)(H,41,43,47)/t36-/m1/s1. The van der Waals surface area contributed by atoms with Crippen molar-refractivity contribution < 1.29 is 37.1 Å². The molecule has 1 spiro atoms. The van der Waals surface area contributed by atoms with Crippen LogP contribution < -0.4 is 10.6 Å². The summed E-state index contributed by atoms with van der Waals surface area (Å²) >= 11 is 0. The van der Waals surface area contributed by atoms with Crippen molar-refractivity contribution in [2.75, 3.05) is 24.2 Å². The van der Waals surface area contributed by atoms with E-state index >= 15 is 0 Å². The average Bonchev–Trinajstić information content (AvgIpc) is 3.51. The van der Waals surface area contributed by atoms with Gasteiger partial charge in [0.05, 0.1) is 17.3 Å². The number of carbonyl (C=O) groups is 4. The first-order valence-corrected chi connectivity index (χ1v) is 16.3. The molecule has 2 aromatic carbocycles. The van der Waals surface area contributed by atoms with Gasteiger partial charge in [-0.1, -0.05) is 50.2 Å². The van der Waals surface area contributed by atoms with E-state index in [-0.39, 0.29) is 19.0 Å². The molecule has 2 heterocycles. The fourth-order valence-electron chi connectivity index (χ4n) is 6.65. The molecule has 1 aromatic heterocycles. The number of aromatic nitrogens is 1. The first-order chi connectivity index (χ1) is 23.3. The van der Waals surface area contributed by atoms with Crippen LogP contribution in [-0.2, 0) is 50.5 Å². The van der Waals surface area contributed by atoms with Crippen LogP contribution in [0.3, 0.4) is 0 Å². The molecular formula is C37H42F3N5O5. The van der Waals surface area contributed by atoms with Crippen LogP contribution in [0, 0.1) is 5.41 Å². The lowest BCUT2D eigenvalue weighted by Gasteiger charge is -2.33. The van der Waals surface area contributed by atoms with E-state index in [0.29, 0.717) is 35.5 Å². The van der Waals surface area contributed by atoms with Gasteiger partial charge in [0.25, 0.3) is 0 Å². The van der Waals surface area contributed by atoms with Crippen molar-refractivity contribution in [3.05, 3.63) is 88.6 Å². The molecule has 5 rings (SSSR count). The number of nitrogens with zero attached hydrogens (tertiary/aromatic N) is 3. The van der Waals surface area contributed by atoms with Gasteiger partial charge in [0, 0.05) is 37.6 Å². The highest BCUT2D eigenvalue weighted by Crippen LogP contribution is 2.47. The van der Waals surface area contributed by atoms with Crippen LogP contribution in [0.2, 0.25) is 0 Å². The molecule has 2 aliphatic rings. The average molecular weight is 694 g/mol. The number of ether oxygens (including phenoxy) is 1. The number of fused-ring (bicyclic) bond motifs is 3. The molecule has 13 heteroatoms. The first-order valence-electron chi connectivity index (χ1n) is 16.3. The van der Waals surface area contributed by atoms with Crippen LogP contribution in [0.15, 0.2) is 60.8 Å². The summed E-state index contributed by atoms with van der Waals surface area (Å²) in [7, 11) is 1.56. The fourth-order valence-corrected chi connectivity index (χ4v) is 6.65. The molecule has 2 N–H and O–H groups in total. The summed E-state index contributed by atoms with van der Waals surface area (Å²) in [6.07, 6.45) is -4.07. The maximum absolute atomic E-state index is 13.8. The molecule has 10 nitrogen and oxygen atoms in total. The number of nitrogens with one attached hydrogen (secondary N) is 2. The zero-order valence-corrected chi connectivity index (χ0v) is 29.0. The summed E-state index contributed by atoms with van der Waals surface area (Å²) in [5.74, 6) is -1.06. The van der Waals surface area contributed by atoms with E-state index in [1.54, 1.807) is 76.5 Å². The summed E-state index contributed by atoms with van der Waals surface area (Å²) in [5, 5.41) is 5.66. The van der Waals surface area contributed by atoms with Gasteiger partial charge in [-0.25, -0.2) is 9.78 Å². The van der Waals surface area contributed by atoms with E-state index in [1.165, 1.54) is 18.7 Å². The Hall–Kier alpha value is -4.94. The van der Waals surface area contributed by atoms with Crippen molar-refractivity contribution in [3.8, 4) is 0 Å². The second kappa shape index (κ2) is 13.4. The Morgan fingerprint density at radius 1 is 0.940 bits per heavy atom. The van der Waals surface area contributed by atoms with Crippen molar-refractivity contribution >= 4 is 35.3 Å². The number of carbonyl (C=O) groups excluding carboxylic acids is 4. The van der Waals surface area contributed by atoms with E-state index in [2.05, 4.69) is 15.6 Å². The molecule has 0 bridgehead atoms. The summed E-state index contributed by atoms with van der Waals surface area (Å²) in [6.45, 7) is 7.04. The smallest absolute Gasteiger partial charge is 0.410 e. The van der Waals surface area contributed by atoms with Crippen LogP contribution in [-0.4, -0.2) is 64.0 Å². The third kappa shape index (κ3) is 8.09. The molecule has 50 heavy (non-hydrogen) atoms. The SMILES string of the molecule is CN(Cc1ccccc1CN(CC(=O)Nc1ccc2c(c1)C[C@@]1(C2)C(=O)Nc2ncccc21)C(=O)C(C)(C)CC(F)(F)F)C(=O)OC(C)(C)C. The highest BCUT2D eigenvalue weighted by molar-refractivity contribution is 6.06. The lowest BCUT2D eigenvalue weighted by Crippen LogP contribution is -2.46. The number of alkyl halides is 3. The van der Waals surface area contributed by atoms with E-state index in [4.69, 9.17) is 4.74 Å². The Bertz CT molecular complexity index is 1820. The normalized spacial score (nSPS) is 16.8. The van der Waals surface area contributed by atoms with Crippen molar-refractivity contribution in [1.29, 1.82) is 0 Å². The molecule has 0 fully saturated rings. The summed E-state index contributed by atoms with van der Waals surface area (Å²) in [4.78, 5) is 59.8. The predicted molar refractivity (Wildman–Crippen MR) is 181 cm³/mol. The Balaban J connectivity index is 1.35. The van der Waals surface area contributed by atoms with Crippen LogP contribution in [0.5, 0.6) is 0 Å². The summed E-state index contributed by atoms with van der Waals surface area (Å²) in [5.41, 5.74) is 0.872. The number of hydrogen-bond acceptors (Lipinski definition) is 6. The highest BCUT2D eigenvalue weighted by atomic mass is 19.4. The predicted octanol–water partition coefficient (Wildman–Crippen LogP) is 6.38. The molecule has 0 radical (unpaired) electrons. The number of hydrogen-bond donors (Lipinski definition) is 2. The maximum atomic E-state index is 13.8. The second-order valence-corrected chi connectivity index (χ2v) is 14.8.